The van der Waals surface area contributed by atoms with Crippen LogP contribution in [0.5, 0.6) is 0 Å². The minimum atomic E-state index is -1.19. The Morgan fingerprint density at radius 2 is 1.86 bits per heavy atom. The number of aliphatic hydroxyl groups excluding tert-OH is 1. The second kappa shape index (κ2) is 8.64. The molecule has 1 aromatic carbocycles. The van der Waals surface area contributed by atoms with Gasteiger partial charge in [-0.2, -0.15) is 0 Å². The second-order valence-electron chi connectivity index (χ2n) is 8.98. The minimum Gasteiger partial charge on any atom is -0.481 e. The van der Waals surface area contributed by atoms with Crippen LogP contribution in [0.15, 0.2) is 24.3 Å². The molecule has 5 heteroatoms. The summed E-state index contributed by atoms with van der Waals surface area (Å²) in [7, 11) is 0. The van der Waals surface area contributed by atoms with E-state index in [1.165, 1.54) is 11.1 Å². The monoisotopic (exact) mass is 387 g/mol. The standard InChI is InChI=1S/C23H33NO4/c1-16(2)19-10-8-17(9-11-19)4-3-5-21(26)24-13-12-20(25)23(15-24,22(27)28)14-18-6-7-18/h8-11,16,18,20,25H,3-7,12-15H2,1-2H3,(H,27,28)/t20-,23+/m0/s1. The molecule has 3 rings (SSSR count). The number of hydrogen-bond acceptors (Lipinski definition) is 3. The first-order chi connectivity index (χ1) is 13.3. The zero-order chi connectivity index (χ0) is 20.3. The molecule has 5 nitrogen and oxygen atoms in total. The fraction of sp³-hybridized carbons (Fsp3) is 0.652. The highest BCUT2D eigenvalue weighted by Gasteiger charge is 2.52. The van der Waals surface area contributed by atoms with Crippen molar-refractivity contribution >= 4 is 11.9 Å². The number of likely N-dealkylation sites (tertiary alicyclic amines) is 1. The fourth-order valence-electron chi connectivity index (χ4n) is 4.30. The van der Waals surface area contributed by atoms with Crippen LogP contribution >= 0.6 is 0 Å². The predicted molar refractivity (Wildman–Crippen MR) is 108 cm³/mol. The number of carbonyl (C=O) groups is 2. The van der Waals surface area contributed by atoms with Crippen LogP contribution in [0.4, 0.5) is 0 Å². The van der Waals surface area contributed by atoms with Crippen LogP contribution in [-0.2, 0) is 16.0 Å². The molecule has 1 heterocycles. The average molecular weight is 388 g/mol. The van der Waals surface area contributed by atoms with Crippen molar-refractivity contribution in [1.82, 2.24) is 4.90 Å². The number of nitrogens with zero attached hydrogens (tertiary/aromatic N) is 1. The van der Waals surface area contributed by atoms with Crippen LogP contribution in [-0.4, -0.2) is 46.2 Å². The summed E-state index contributed by atoms with van der Waals surface area (Å²) < 4.78 is 0. The van der Waals surface area contributed by atoms with Crippen LogP contribution < -0.4 is 0 Å². The van der Waals surface area contributed by atoms with E-state index in [-0.39, 0.29) is 12.5 Å². The molecule has 0 radical (unpaired) electrons. The highest BCUT2D eigenvalue weighted by molar-refractivity contribution is 5.80. The van der Waals surface area contributed by atoms with Gasteiger partial charge in [-0.15, -0.1) is 0 Å². The van der Waals surface area contributed by atoms with Gasteiger partial charge in [0, 0.05) is 19.5 Å². The molecule has 0 unspecified atom stereocenters. The molecule has 2 aliphatic rings. The molecule has 2 N–H and O–H groups in total. The second-order valence-corrected chi connectivity index (χ2v) is 8.98. The quantitative estimate of drug-likeness (QED) is 0.714. The molecule has 1 saturated carbocycles. The van der Waals surface area contributed by atoms with Crippen molar-refractivity contribution in [3.63, 3.8) is 0 Å². The Balaban J connectivity index is 1.54. The summed E-state index contributed by atoms with van der Waals surface area (Å²) in [5.41, 5.74) is 1.34. The SMILES string of the molecule is CC(C)c1ccc(CCCC(=O)N2CC[C@H](O)[C@](CC3CC3)(C(=O)O)C2)cc1. The fourth-order valence-corrected chi connectivity index (χ4v) is 4.30. The van der Waals surface area contributed by atoms with Crippen LogP contribution in [0.3, 0.4) is 0 Å². The highest BCUT2D eigenvalue weighted by Crippen LogP contribution is 2.45. The molecule has 1 amide bonds. The summed E-state index contributed by atoms with van der Waals surface area (Å²) >= 11 is 0. The van der Waals surface area contributed by atoms with Crippen LogP contribution in [0.25, 0.3) is 0 Å². The van der Waals surface area contributed by atoms with Gasteiger partial charge in [-0.25, -0.2) is 0 Å². The third-order valence-corrected chi connectivity index (χ3v) is 6.41. The van der Waals surface area contributed by atoms with Gasteiger partial charge in [0.1, 0.15) is 5.41 Å². The lowest BCUT2D eigenvalue weighted by atomic mass is 9.73. The van der Waals surface area contributed by atoms with E-state index in [0.29, 0.717) is 37.6 Å². The first-order valence-corrected chi connectivity index (χ1v) is 10.6. The number of rotatable bonds is 8. The molecule has 1 aliphatic heterocycles. The van der Waals surface area contributed by atoms with E-state index >= 15 is 0 Å². The Labute approximate surface area is 167 Å². The van der Waals surface area contributed by atoms with E-state index < -0.39 is 17.5 Å². The molecular formula is C23H33NO4. The Hall–Kier alpha value is -1.88. The number of carboxylic acids is 1. The van der Waals surface area contributed by atoms with Crippen molar-refractivity contribution in [2.24, 2.45) is 11.3 Å². The van der Waals surface area contributed by atoms with Crippen molar-refractivity contribution in [1.29, 1.82) is 0 Å². The Morgan fingerprint density at radius 1 is 1.18 bits per heavy atom. The van der Waals surface area contributed by atoms with Gasteiger partial charge < -0.3 is 15.1 Å². The van der Waals surface area contributed by atoms with E-state index in [9.17, 15) is 19.8 Å². The van der Waals surface area contributed by atoms with Gasteiger partial charge in [-0.3, -0.25) is 9.59 Å². The van der Waals surface area contributed by atoms with E-state index in [1.54, 1.807) is 4.90 Å². The Bertz CT molecular complexity index is 695. The molecule has 2 atom stereocenters. The van der Waals surface area contributed by atoms with E-state index in [2.05, 4.69) is 38.1 Å². The molecule has 28 heavy (non-hydrogen) atoms. The third kappa shape index (κ3) is 4.75. The molecule has 0 spiro atoms. The van der Waals surface area contributed by atoms with Gasteiger partial charge in [0.2, 0.25) is 5.91 Å². The zero-order valence-corrected chi connectivity index (χ0v) is 17.1. The van der Waals surface area contributed by atoms with Gasteiger partial charge in [0.15, 0.2) is 0 Å². The number of piperidine rings is 1. The molecule has 154 valence electrons. The molecule has 1 aliphatic carbocycles. The maximum atomic E-state index is 12.7. The number of benzene rings is 1. The highest BCUT2D eigenvalue weighted by atomic mass is 16.4. The normalized spacial score (nSPS) is 25.1. The Morgan fingerprint density at radius 3 is 2.43 bits per heavy atom. The van der Waals surface area contributed by atoms with Crippen molar-refractivity contribution in [3.05, 3.63) is 35.4 Å². The van der Waals surface area contributed by atoms with Gasteiger partial charge >= 0.3 is 5.97 Å². The zero-order valence-electron chi connectivity index (χ0n) is 17.1. The lowest BCUT2D eigenvalue weighted by Gasteiger charge is -2.43. The number of amides is 1. The third-order valence-electron chi connectivity index (χ3n) is 6.41. The summed E-state index contributed by atoms with van der Waals surface area (Å²) in [6.07, 6.45) is 4.04. The van der Waals surface area contributed by atoms with Crippen molar-refractivity contribution in [3.8, 4) is 0 Å². The number of aryl methyl sites for hydroxylation is 1. The molecular weight excluding hydrogens is 354 g/mol. The number of aliphatic hydroxyl groups is 1. The first kappa shape index (κ1) is 20.8. The van der Waals surface area contributed by atoms with E-state index in [0.717, 1.165) is 25.7 Å². The molecule has 2 fully saturated rings. The summed E-state index contributed by atoms with van der Waals surface area (Å²) in [5.74, 6) is -0.0633. The van der Waals surface area contributed by atoms with Crippen molar-refractivity contribution < 1.29 is 19.8 Å². The van der Waals surface area contributed by atoms with Crippen LogP contribution in [0, 0.1) is 11.3 Å². The molecule has 1 aromatic rings. The largest absolute Gasteiger partial charge is 0.481 e. The van der Waals surface area contributed by atoms with Gasteiger partial charge in [-0.05, 0) is 48.6 Å². The van der Waals surface area contributed by atoms with Crippen LogP contribution in [0.1, 0.15) is 69.4 Å². The lowest BCUT2D eigenvalue weighted by molar-refractivity contribution is -0.167. The molecule has 0 bridgehead atoms. The summed E-state index contributed by atoms with van der Waals surface area (Å²) in [5, 5.41) is 20.3. The van der Waals surface area contributed by atoms with E-state index in [1.807, 2.05) is 0 Å². The van der Waals surface area contributed by atoms with E-state index in [4.69, 9.17) is 0 Å². The van der Waals surface area contributed by atoms with Crippen LogP contribution in [0.2, 0.25) is 0 Å². The summed E-state index contributed by atoms with van der Waals surface area (Å²) in [4.78, 5) is 26.4. The number of carboxylic acid groups (broad SMARTS) is 1. The minimum absolute atomic E-state index is 0.00659. The predicted octanol–water partition coefficient (Wildman–Crippen LogP) is 3.60. The topological polar surface area (TPSA) is 77.8 Å². The summed E-state index contributed by atoms with van der Waals surface area (Å²) in [6.45, 7) is 4.93. The number of hydrogen-bond donors (Lipinski definition) is 2. The molecule has 0 aromatic heterocycles. The first-order valence-electron chi connectivity index (χ1n) is 10.6. The lowest BCUT2D eigenvalue weighted by Crippen LogP contribution is -2.57. The van der Waals surface area contributed by atoms with Crippen molar-refractivity contribution in [2.75, 3.05) is 13.1 Å². The van der Waals surface area contributed by atoms with Gasteiger partial charge in [0.25, 0.3) is 0 Å². The molecule has 1 saturated heterocycles. The van der Waals surface area contributed by atoms with Gasteiger partial charge in [0.05, 0.1) is 6.10 Å². The maximum absolute atomic E-state index is 12.7. The number of carbonyl (C=O) groups excluding carboxylic acids is 1. The number of aliphatic carboxylic acids is 1. The van der Waals surface area contributed by atoms with Crippen molar-refractivity contribution in [2.45, 2.75) is 70.8 Å². The maximum Gasteiger partial charge on any atom is 0.314 e. The Kier molecular flexibility index (Phi) is 6.43. The summed E-state index contributed by atoms with van der Waals surface area (Å²) in [6, 6.07) is 8.55. The smallest absolute Gasteiger partial charge is 0.314 e. The van der Waals surface area contributed by atoms with Gasteiger partial charge in [-0.1, -0.05) is 51.0 Å². The average Bonchev–Trinajstić information content (AvgIpc) is 3.47.